The highest BCUT2D eigenvalue weighted by atomic mass is 16.5. The minimum Gasteiger partial charge on any atom is -0.462 e. The molecule has 0 saturated heterocycles. The summed E-state index contributed by atoms with van der Waals surface area (Å²) in [6.07, 6.45) is 42.1. The Kier molecular flexibility index (Phi) is 18.3. The number of ether oxygens (including phenoxy) is 1. The summed E-state index contributed by atoms with van der Waals surface area (Å²) in [7, 11) is 0. The average molecular weight is 749 g/mol. The van der Waals surface area contributed by atoms with Gasteiger partial charge in [0.15, 0.2) is 0 Å². The summed E-state index contributed by atoms with van der Waals surface area (Å²) in [5.41, 5.74) is 6.24. The Bertz CT molecular complexity index is 1190. The molecule has 4 aliphatic carbocycles. The van der Waals surface area contributed by atoms with E-state index in [1.807, 2.05) is 11.1 Å². The molecule has 0 aliphatic heterocycles. The van der Waals surface area contributed by atoms with E-state index in [1.54, 1.807) is 0 Å². The van der Waals surface area contributed by atoms with Crippen LogP contribution in [-0.2, 0) is 9.53 Å². The van der Waals surface area contributed by atoms with Gasteiger partial charge in [-0.3, -0.25) is 4.79 Å². The fourth-order valence-corrected chi connectivity index (χ4v) is 13.2. The number of fused-ring (bicyclic) bond motifs is 4. The van der Waals surface area contributed by atoms with Crippen molar-refractivity contribution in [3.8, 4) is 0 Å². The molecular weight excluding hydrogens is 657 g/mol. The van der Waals surface area contributed by atoms with Crippen molar-refractivity contribution >= 4 is 5.97 Å². The lowest BCUT2D eigenvalue weighted by molar-refractivity contribution is -0.170. The van der Waals surface area contributed by atoms with E-state index in [-0.39, 0.29) is 22.9 Å². The summed E-state index contributed by atoms with van der Waals surface area (Å²) in [5.74, 6) is 2.30. The molecule has 0 spiro atoms. The standard InChI is InChI=1S/C52H92O2/c1-10-11-12-13-14-15-16-17-18-19-20-21-22-23-24-25-26-27-28-32-48(53)54-47-37-38-50(7)44-36-40-51(8)43(42(4)31-29-30-41(2)3)35-39-52(51,9)45(44)33-34-46(50)49(47,5)6/h30,42-43,46-47H,10-29,31-40H2,1-9H3/t42-,43-,46?,47?,50-,51+,52+/m1/s1. The van der Waals surface area contributed by atoms with Crippen LogP contribution in [0.4, 0.5) is 0 Å². The van der Waals surface area contributed by atoms with Gasteiger partial charge < -0.3 is 4.74 Å². The van der Waals surface area contributed by atoms with E-state index < -0.39 is 0 Å². The maximum atomic E-state index is 13.2. The quantitative estimate of drug-likeness (QED) is 0.0528. The predicted octanol–water partition coefficient (Wildman–Crippen LogP) is 16.9. The first-order chi connectivity index (χ1) is 25.8. The van der Waals surface area contributed by atoms with Gasteiger partial charge in [0, 0.05) is 11.8 Å². The maximum Gasteiger partial charge on any atom is 0.306 e. The molecule has 0 aromatic carbocycles. The highest BCUT2D eigenvalue weighted by Gasteiger charge is 2.63. The Morgan fingerprint density at radius 3 is 1.76 bits per heavy atom. The zero-order chi connectivity index (χ0) is 39.2. The van der Waals surface area contributed by atoms with Crippen LogP contribution in [-0.4, -0.2) is 12.1 Å². The van der Waals surface area contributed by atoms with E-state index >= 15 is 0 Å². The number of unbranched alkanes of at least 4 members (excludes halogenated alkanes) is 18. The van der Waals surface area contributed by atoms with Crippen LogP contribution in [0.2, 0.25) is 0 Å². The summed E-state index contributed by atoms with van der Waals surface area (Å²) in [4.78, 5) is 13.2. The van der Waals surface area contributed by atoms with Gasteiger partial charge in [-0.25, -0.2) is 0 Å². The van der Waals surface area contributed by atoms with Crippen molar-refractivity contribution < 1.29 is 9.53 Å². The third-order valence-electron chi connectivity index (χ3n) is 16.9. The van der Waals surface area contributed by atoms with Crippen molar-refractivity contribution in [3.05, 3.63) is 22.8 Å². The number of allylic oxidation sites excluding steroid dienone is 4. The van der Waals surface area contributed by atoms with Crippen molar-refractivity contribution in [2.75, 3.05) is 0 Å². The predicted molar refractivity (Wildman–Crippen MR) is 235 cm³/mol. The number of hydrogen-bond acceptors (Lipinski definition) is 2. The van der Waals surface area contributed by atoms with Gasteiger partial charge in [-0.2, -0.15) is 0 Å². The van der Waals surface area contributed by atoms with Crippen LogP contribution >= 0.6 is 0 Å². The number of carbonyl (C=O) groups is 1. The third kappa shape index (κ3) is 11.3. The fourth-order valence-electron chi connectivity index (χ4n) is 13.2. The molecule has 4 rings (SSSR count). The summed E-state index contributed by atoms with van der Waals surface area (Å²) in [5, 5.41) is 0. The average Bonchev–Trinajstić information content (AvgIpc) is 3.41. The zero-order valence-electron chi connectivity index (χ0n) is 37.9. The molecular formula is C52H92O2. The maximum absolute atomic E-state index is 13.2. The highest BCUT2D eigenvalue weighted by molar-refractivity contribution is 5.69. The van der Waals surface area contributed by atoms with Gasteiger partial charge in [0.1, 0.15) is 6.10 Å². The van der Waals surface area contributed by atoms with Gasteiger partial charge in [-0.15, -0.1) is 0 Å². The summed E-state index contributed by atoms with van der Waals surface area (Å²) >= 11 is 0. The van der Waals surface area contributed by atoms with Gasteiger partial charge >= 0.3 is 5.97 Å². The van der Waals surface area contributed by atoms with Crippen molar-refractivity contribution in [2.45, 2.75) is 261 Å². The van der Waals surface area contributed by atoms with Crippen LogP contribution in [0.3, 0.4) is 0 Å². The molecule has 54 heavy (non-hydrogen) atoms. The lowest BCUT2D eigenvalue weighted by Crippen LogP contribution is -2.55. The smallest absolute Gasteiger partial charge is 0.306 e. The van der Waals surface area contributed by atoms with E-state index in [2.05, 4.69) is 68.4 Å². The molecule has 2 unspecified atom stereocenters. The molecule has 0 bridgehead atoms. The minimum absolute atomic E-state index is 0.0219. The molecule has 2 nitrogen and oxygen atoms in total. The second-order valence-corrected chi connectivity index (χ2v) is 21.1. The third-order valence-corrected chi connectivity index (χ3v) is 16.9. The Labute approximate surface area is 337 Å². The molecule has 4 aliphatic rings. The van der Waals surface area contributed by atoms with Crippen LogP contribution in [0.15, 0.2) is 22.8 Å². The van der Waals surface area contributed by atoms with Crippen LogP contribution in [0.5, 0.6) is 0 Å². The molecule has 312 valence electrons. The summed E-state index contributed by atoms with van der Waals surface area (Å²) < 4.78 is 6.41. The molecule has 7 atom stereocenters. The SMILES string of the molecule is CCCCCCCCCCCCCCCCCCCCCC(=O)OC1CC[C@]2(C)C3=C(CCC2C1(C)C)[C@]1(C)CC[C@H]([C@H](C)CCC=C(C)C)[C@]1(C)CC3. The van der Waals surface area contributed by atoms with E-state index in [0.717, 1.165) is 24.7 Å². The van der Waals surface area contributed by atoms with Crippen LogP contribution < -0.4 is 0 Å². The molecule has 0 heterocycles. The molecule has 2 fully saturated rings. The monoisotopic (exact) mass is 749 g/mol. The van der Waals surface area contributed by atoms with Gasteiger partial charge in [0.2, 0.25) is 0 Å². The summed E-state index contributed by atoms with van der Waals surface area (Å²) in [6.45, 7) is 22.3. The van der Waals surface area contributed by atoms with Crippen LogP contribution in [0, 0.1) is 39.4 Å². The topological polar surface area (TPSA) is 26.3 Å². The van der Waals surface area contributed by atoms with Crippen molar-refractivity contribution in [1.82, 2.24) is 0 Å². The second-order valence-electron chi connectivity index (χ2n) is 21.1. The van der Waals surface area contributed by atoms with E-state index in [0.29, 0.717) is 23.2 Å². The van der Waals surface area contributed by atoms with Gasteiger partial charge in [0.05, 0.1) is 0 Å². The zero-order valence-corrected chi connectivity index (χ0v) is 37.9. The van der Waals surface area contributed by atoms with E-state index in [9.17, 15) is 4.79 Å². The lowest BCUT2D eigenvalue weighted by Gasteiger charge is -2.62. The van der Waals surface area contributed by atoms with Crippen molar-refractivity contribution in [3.63, 3.8) is 0 Å². The first-order valence-electron chi connectivity index (χ1n) is 24.4. The Morgan fingerprint density at radius 2 is 1.22 bits per heavy atom. The molecule has 0 N–H and O–H groups in total. The number of hydrogen-bond donors (Lipinski definition) is 0. The number of esters is 1. The molecule has 0 radical (unpaired) electrons. The number of rotatable bonds is 25. The first kappa shape index (κ1) is 45.6. The van der Waals surface area contributed by atoms with Crippen molar-refractivity contribution in [2.24, 2.45) is 39.4 Å². The molecule has 0 aromatic heterocycles. The lowest BCUT2D eigenvalue weighted by atomic mass is 9.43. The van der Waals surface area contributed by atoms with Crippen LogP contribution in [0.25, 0.3) is 0 Å². The molecule has 0 amide bonds. The minimum atomic E-state index is 0.0219. The van der Waals surface area contributed by atoms with Gasteiger partial charge in [0.25, 0.3) is 0 Å². The Hall–Kier alpha value is -1.05. The molecule has 2 heteroatoms. The normalized spacial score (nSPS) is 30.7. The van der Waals surface area contributed by atoms with E-state index in [4.69, 9.17) is 4.74 Å². The fraction of sp³-hybridized carbons (Fsp3) is 0.904. The Balaban J connectivity index is 1.12. The molecule has 0 aromatic rings. The molecule has 2 saturated carbocycles. The van der Waals surface area contributed by atoms with Gasteiger partial charge in [-0.1, -0.05) is 187 Å². The Morgan fingerprint density at radius 1 is 0.685 bits per heavy atom. The largest absolute Gasteiger partial charge is 0.462 e. The second kappa shape index (κ2) is 21.6. The number of carbonyl (C=O) groups excluding carboxylic acids is 1. The van der Waals surface area contributed by atoms with Crippen LogP contribution in [0.1, 0.15) is 255 Å². The van der Waals surface area contributed by atoms with Crippen molar-refractivity contribution in [1.29, 1.82) is 0 Å². The van der Waals surface area contributed by atoms with E-state index in [1.165, 1.54) is 179 Å². The highest BCUT2D eigenvalue weighted by Crippen LogP contribution is 2.72. The van der Waals surface area contributed by atoms with Gasteiger partial charge in [-0.05, 0) is 118 Å². The summed E-state index contributed by atoms with van der Waals surface area (Å²) in [6, 6.07) is 0. The first-order valence-corrected chi connectivity index (χ1v) is 24.4.